The molecule has 1 amide bonds. The lowest BCUT2D eigenvalue weighted by Gasteiger charge is -2.46. The fourth-order valence-corrected chi connectivity index (χ4v) is 3.95. The second kappa shape index (κ2) is 11.7. The molecule has 0 aliphatic carbocycles. The summed E-state index contributed by atoms with van der Waals surface area (Å²) in [5, 5.41) is 27.2. The maximum absolute atomic E-state index is 12.3. The molecule has 1 spiro atoms. The lowest BCUT2D eigenvalue weighted by Crippen LogP contribution is -2.64. The van der Waals surface area contributed by atoms with Crippen LogP contribution in [0.3, 0.4) is 0 Å². The number of hydrogen-bond donors (Lipinski definition) is 3. The lowest BCUT2D eigenvalue weighted by atomic mass is 9.93. The molecule has 1 atom stereocenters. The third kappa shape index (κ3) is 8.99. The van der Waals surface area contributed by atoms with E-state index in [0.29, 0.717) is 19.6 Å². The van der Waals surface area contributed by atoms with Gasteiger partial charge in [0.25, 0.3) is 0 Å². The van der Waals surface area contributed by atoms with Crippen molar-refractivity contribution in [2.75, 3.05) is 44.7 Å². The topological polar surface area (TPSA) is 139 Å². The van der Waals surface area contributed by atoms with Crippen LogP contribution in [0.1, 0.15) is 6.42 Å². The Morgan fingerprint density at radius 2 is 1.54 bits per heavy atom. The molecule has 3 heterocycles. The van der Waals surface area contributed by atoms with E-state index in [0.717, 1.165) is 18.7 Å². The first-order valence-corrected chi connectivity index (χ1v) is 10.4. The number of carboxylic acids is 3. The largest absolute Gasteiger partial charge is 0.490 e. The van der Waals surface area contributed by atoms with Crippen LogP contribution in [0.5, 0.6) is 0 Å². The number of nitrogens with zero attached hydrogens (tertiary/aromatic N) is 3. The molecule has 3 rings (SSSR count). The van der Waals surface area contributed by atoms with Crippen LogP contribution in [-0.4, -0.2) is 107 Å². The van der Waals surface area contributed by atoms with Crippen molar-refractivity contribution in [1.82, 2.24) is 9.80 Å². The van der Waals surface area contributed by atoms with Crippen molar-refractivity contribution in [2.45, 2.75) is 24.3 Å². The number of likely N-dealkylation sites (N-methyl/N-ethyl adjacent to an activating group) is 1. The van der Waals surface area contributed by atoms with E-state index < -0.39 is 30.3 Å². The molecule has 198 valence electrons. The average molecular weight is 537 g/mol. The van der Waals surface area contributed by atoms with Crippen molar-refractivity contribution in [3.05, 3.63) is 16.8 Å². The highest BCUT2D eigenvalue weighted by Gasteiger charge is 2.47. The highest BCUT2D eigenvalue weighted by Crippen LogP contribution is 2.33. The molecule has 2 aliphatic heterocycles. The number of rotatable bonds is 3. The van der Waals surface area contributed by atoms with E-state index in [1.807, 2.05) is 33.7 Å². The fraction of sp³-hybridized carbons (Fsp3) is 0.556. The van der Waals surface area contributed by atoms with Crippen molar-refractivity contribution in [3.8, 4) is 0 Å². The smallest absolute Gasteiger partial charge is 0.480 e. The summed E-state index contributed by atoms with van der Waals surface area (Å²) in [5.74, 6) is -6.20. The van der Waals surface area contributed by atoms with Gasteiger partial charge < -0.3 is 20.2 Å². The quantitative estimate of drug-likeness (QED) is 0.493. The van der Waals surface area contributed by atoms with Crippen LogP contribution in [0.4, 0.5) is 32.0 Å². The van der Waals surface area contributed by atoms with Gasteiger partial charge in [0.15, 0.2) is 0 Å². The minimum atomic E-state index is -5.08. The predicted molar refractivity (Wildman–Crippen MR) is 108 cm³/mol. The lowest BCUT2D eigenvalue weighted by molar-refractivity contribution is -0.193. The van der Waals surface area contributed by atoms with Crippen molar-refractivity contribution in [2.24, 2.45) is 0 Å². The second-order valence-corrected chi connectivity index (χ2v) is 8.28. The summed E-state index contributed by atoms with van der Waals surface area (Å²) in [6, 6.07) is 1.96. The summed E-state index contributed by atoms with van der Waals surface area (Å²) in [6.07, 6.45) is -9.27. The van der Waals surface area contributed by atoms with Crippen molar-refractivity contribution in [3.63, 3.8) is 0 Å². The molecule has 0 aromatic carbocycles. The van der Waals surface area contributed by atoms with Crippen LogP contribution in [0.2, 0.25) is 0 Å². The summed E-state index contributed by atoms with van der Waals surface area (Å²) in [5.41, 5.74) is 0.819. The van der Waals surface area contributed by atoms with Crippen LogP contribution >= 0.6 is 11.3 Å². The van der Waals surface area contributed by atoms with Crippen LogP contribution in [-0.2, 0) is 19.2 Å². The summed E-state index contributed by atoms with van der Waals surface area (Å²) < 4.78 is 63.5. The monoisotopic (exact) mass is 537 g/mol. The number of carbonyl (C=O) groups excluding carboxylic acids is 1. The first-order chi connectivity index (χ1) is 15.9. The van der Waals surface area contributed by atoms with E-state index in [4.69, 9.17) is 24.9 Å². The average Bonchev–Trinajstić information content (AvgIpc) is 3.35. The fourth-order valence-electron chi connectivity index (χ4n) is 3.31. The molecule has 2 fully saturated rings. The number of likely N-dealkylation sites (tertiary alicyclic amines) is 1. The number of halogens is 6. The van der Waals surface area contributed by atoms with Crippen LogP contribution in [0.25, 0.3) is 0 Å². The Hall–Kier alpha value is -2.92. The summed E-state index contributed by atoms with van der Waals surface area (Å²) in [4.78, 5) is 46.9. The number of anilines is 1. The van der Waals surface area contributed by atoms with Gasteiger partial charge in [-0.1, -0.05) is 0 Å². The first-order valence-electron chi connectivity index (χ1n) is 9.47. The molecule has 2 aliphatic rings. The number of thiophene rings is 1. The number of carboxylic acid groups (broad SMARTS) is 3. The maximum atomic E-state index is 12.3. The number of aliphatic carboxylic acids is 3. The summed E-state index contributed by atoms with van der Waals surface area (Å²) >= 11 is 1.58. The SMILES string of the molecule is CN1CC(=O)N(c2ccsc2)CC12CCN(CC(=O)O)C2.O=C(O)C(F)(F)F.O=C(O)C(F)(F)F. The number of alkyl halides is 6. The number of carbonyl (C=O) groups is 4. The Kier molecular flexibility index (Phi) is 10.0. The van der Waals surface area contributed by atoms with Gasteiger partial charge in [-0.05, 0) is 24.9 Å². The Bertz CT molecular complexity index is 885. The number of piperazine rings is 1. The molecule has 17 heteroatoms. The van der Waals surface area contributed by atoms with Crippen LogP contribution < -0.4 is 4.90 Å². The van der Waals surface area contributed by atoms with Gasteiger partial charge >= 0.3 is 30.3 Å². The first kappa shape index (κ1) is 30.1. The number of hydrogen-bond acceptors (Lipinski definition) is 7. The molecule has 35 heavy (non-hydrogen) atoms. The van der Waals surface area contributed by atoms with Gasteiger partial charge in [0.05, 0.1) is 24.3 Å². The van der Waals surface area contributed by atoms with Gasteiger partial charge in [-0.2, -0.15) is 37.7 Å². The third-order valence-electron chi connectivity index (χ3n) is 5.01. The molecule has 1 unspecified atom stereocenters. The van der Waals surface area contributed by atoms with Crippen LogP contribution in [0.15, 0.2) is 16.8 Å². The Labute approximate surface area is 197 Å². The molecule has 1 aromatic rings. The molecule has 3 N–H and O–H groups in total. The van der Waals surface area contributed by atoms with E-state index in [-0.39, 0.29) is 18.0 Å². The molecular formula is C18H21F6N3O7S. The van der Waals surface area contributed by atoms with Gasteiger partial charge in [-0.15, -0.1) is 0 Å². The molecule has 0 radical (unpaired) electrons. The standard InChI is InChI=1S/C14H19N3O3S.2C2HF3O2/c1-15-6-12(18)17(11-2-5-21-8-11)10-14(15)3-4-16(9-14)7-13(19)20;2*3-2(4,5)1(6)7/h2,5,8H,3-4,6-7,9-10H2,1H3,(H,19,20);2*(H,6,7). The van der Waals surface area contributed by atoms with E-state index in [2.05, 4.69) is 4.90 Å². The van der Waals surface area contributed by atoms with E-state index in [1.54, 1.807) is 11.3 Å². The Morgan fingerprint density at radius 1 is 1.03 bits per heavy atom. The third-order valence-corrected chi connectivity index (χ3v) is 5.68. The maximum Gasteiger partial charge on any atom is 0.490 e. The highest BCUT2D eigenvalue weighted by molar-refractivity contribution is 7.08. The van der Waals surface area contributed by atoms with Gasteiger partial charge in [0.1, 0.15) is 0 Å². The Morgan fingerprint density at radius 3 is 1.94 bits per heavy atom. The number of amides is 1. The highest BCUT2D eigenvalue weighted by atomic mass is 32.1. The summed E-state index contributed by atoms with van der Waals surface area (Å²) in [6.45, 7) is 2.56. The van der Waals surface area contributed by atoms with Crippen molar-refractivity contribution in [1.29, 1.82) is 0 Å². The predicted octanol–water partition coefficient (Wildman–Crippen LogP) is 1.82. The molecule has 10 nitrogen and oxygen atoms in total. The second-order valence-electron chi connectivity index (χ2n) is 7.50. The van der Waals surface area contributed by atoms with Crippen molar-refractivity contribution >= 4 is 40.8 Å². The molecule has 0 saturated carbocycles. The van der Waals surface area contributed by atoms with E-state index in [1.165, 1.54) is 0 Å². The molecule has 1 aromatic heterocycles. The van der Waals surface area contributed by atoms with Gasteiger partial charge in [0, 0.05) is 25.0 Å². The van der Waals surface area contributed by atoms with Crippen molar-refractivity contribution < 1.29 is 60.8 Å². The van der Waals surface area contributed by atoms with E-state index in [9.17, 15) is 35.9 Å². The molecular weight excluding hydrogens is 516 g/mol. The zero-order valence-corrected chi connectivity index (χ0v) is 18.8. The van der Waals surface area contributed by atoms with Gasteiger partial charge in [0.2, 0.25) is 5.91 Å². The van der Waals surface area contributed by atoms with Gasteiger partial charge in [-0.3, -0.25) is 19.4 Å². The normalized spacial score (nSPS) is 21.1. The van der Waals surface area contributed by atoms with Crippen LogP contribution in [0, 0.1) is 0 Å². The van der Waals surface area contributed by atoms with Gasteiger partial charge in [-0.25, -0.2) is 9.59 Å². The minimum absolute atomic E-state index is 0.0714. The summed E-state index contributed by atoms with van der Waals surface area (Å²) in [7, 11) is 1.97. The zero-order chi connectivity index (χ0) is 27.2. The minimum Gasteiger partial charge on any atom is -0.480 e. The Balaban J connectivity index is 0.000000362. The van der Waals surface area contributed by atoms with E-state index >= 15 is 0 Å². The zero-order valence-electron chi connectivity index (χ0n) is 18.0. The molecule has 0 bridgehead atoms. The molecule has 2 saturated heterocycles.